The fourth-order valence-corrected chi connectivity index (χ4v) is 3.90. The number of amides is 1. The summed E-state index contributed by atoms with van der Waals surface area (Å²) in [5.41, 5.74) is -1.33. The van der Waals surface area contributed by atoms with Gasteiger partial charge in [0, 0.05) is 18.5 Å². The van der Waals surface area contributed by atoms with E-state index in [-0.39, 0.29) is 34.4 Å². The number of carbonyl (C=O) groups excluding carboxylic acids is 2. The molecule has 3 rings (SSSR count). The molecule has 1 heterocycles. The van der Waals surface area contributed by atoms with Gasteiger partial charge in [0.15, 0.2) is 5.60 Å². The number of halogens is 3. The van der Waals surface area contributed by atoms with Crippen molar-refractivity contribution in [3.8, 4) is 5.75 Å². The Morgan fingerprint density at radius 1 is 1.14 bits per heavy atom. The first-order chi connectivity index (χ1) is 13.3. The number of anilines is 1. The lowest BCUT2D eigenvalue weighted by Crippen LogP contribution is -2.42. The Bertz CT molecular complexity index is 934. The van der Waals surface area contributed by atoms with Crippen molar-refractivity contribution in [2.24, 2.45) is 0 Å². The summed E-state index contributed by atoms with van der Waals surface area (Å²) >= 11 is 18.5. The number of rotatable bonds is 7. The van der Waals surface area contributed by atoms with Crippen LogP contribution in [0.3, 0.4) is 0 Å². The van der Waals surface area contributed by atoms with E-state index in [0.717, 1.165) is 0 Å². The van der Waals surface area contributed by atoms with E-state index in [1.807, 2.05) is 6.07 Å². The molecule has 1 unspecified atom stereocenters. The molecule has 0 aliphatic carbocycles. The fourth-order valence-electron chi connectivity index (χ4n) is 3.29. The lowest BCUT2D eigenvalue weighted by molar-refractivity contribution is -0.141. The summed E-state index contributed by atoms with van der Waals surface area (Å²) < 4.78 is 5.64. The second-order valence-electron chi connectivity index (χ2n) is 6.59. The molecule has 148 valence electrons. The molecule has 1 amide bonds. The highest BCUT2D eigenvalue weighted by atomic mass is 35.5. The SMILES string of the molecule is CC(=O)CC1(O)C(=O)N(CCCOc2ccccc2Cl)c2c1ccc(Cl)c2Cl. The lowest BCUT2D eigenvalue weighted by atomic mass is 9.90. The number of ether oxygens (including phenoxy) is 1. The van der Waals surface area contributed by atoms with Crippen LogP contribution in [0.4, 0.5) is 5.69 Å². The maximum atomic E-state index is 13.0. The number of fused-ring (bicyclic) bond motifs is 1. The molecule has 0 aromatic heterocycles. The average molecular weight is 443 g/mol. The van der Waals surface area contributed by atoms with Gasteiger partial charge in [0.1, 0.15) is 11.5 Å². The van der Waals surface area contributed by atoms with E-state index in [1.165, 1.54) is 24.0 Å². The van der Waals surface area contributed by atoms with Gasteiger partial charge in [-0.15, -0.1) is 0 Å². The zero-order chi connectivity index (χ0) is 20.5. The summed E-state index contributed by atoms with van der Waals surface area (Å²) in [5, 5.41) is 11.9. The molecule has 2 aromatic rings. The Labute approximate surface area is 177 Å². The zero-order valence-corrected chi connectivity index (χ0v) is 17.3. The van der Waals surface area contributed by atoms with E-state index in [9.17, 15) is 14.7 Å². The van der Waals surface area contributed by atoms with Gasteiger partial charge in [-0.1, -0.05) is 53.0 Å². The quantitative estimate of drug-likeness (QED) is 0.635. The van der Waals surface area contributed by atoms with Crippen molar-refractivity contribution in [1.29, 1.82) is 0 Å². The summed E-state index contributed by atoms with van der Waals surface area (Å²) in [5.74, 6) is -0.358. The van der Waals surface area contributed by atoms with Crippen molar-refractivity contribution in [3.63, 3.8) is 0 Å². The number of ketones is 1. The van der Waals surface area contributed by atoms with Crippen LogP contribution in [0, 0.1) is 0 Å². The van der Waals surface area contributed by atoms with E-state index >= 15 is 0 Å². The van der Waals surface area contributed by atoms with E-state index in [2.05, 4.69) is 0 Å². The minimum Gasteiger partial charge on any atom is -0.492 e. The predicted molar refractivity (Wildman–Crippen MR) is 110 cm³/mol. The first-order valence-electron chi connectivity index (χ1n) is 8.65. The van der Waals surface area contributed by atoms with Crippen LogP contribution in [0.5, 0.6) is 5.75 Å². The van der Waals surface area contributed by atoms with Crippen molar-refractivity contribution in [2.75, 3.05) is 18.1 Å². The number of para-hydroxylation sites is 1. The van der Waals surface area contributed by atoms with Crippen LogP contribution in [0.15, 0.2) is 36.4 Å². The number of aliphatic hydroxyl groups is 1. The third-order valence-corrected chi connectivity index (χ3v) is 5.62. The Balaban J connectivity index is 1.80. The first kappa shape index (κ1) is 20.9. The number of benzene rings is 2. The molecule has 0 spiro atoms. The molecule has 0 radical (unpaired) electrons. The van der Waals surface area contributed by atoms with Gasteiger partial charge >= 0.3 is 0 Å². The van der Waals surface area contributed by atoms with Gasteiger partial charge < -0.3 is 14.7 Å². The lowest BCUT2D eigenvalue weighted by Gasteiger charge is -2.22. The highest BCUT2D eigenvalue weighted by molar-refractivity contribution is 6.44. The summed E-state index contributed by atoms with van der Waals surface area (Å²) in [4.78, 5) is 26.0. The normalized spacial score (nSPS) is 18.3. The Kier molecular flexibility index (Phi) is 6.20. The molecule has 28 heavy (non-hydrogen) atoms. The molecular weight excluding hydrogens is 425 g/mol. The van der Waals surface area contributed by atoms with Gasteiger partial charge in [0.2, 0.25) is 0 Å². The standard InChI is InChI=1S/C20H18Cl3NO4/c1-12(25)11-20(27)13-7-8-15(22)17(23)18(13)24(19(20)26)9-4-10-28-16-6-3-2-5-14(16)21/h2-3,5-8,27H,4,9-11H2,1H3. The topological polar surface area (TPSA) is 66.8 Å². The van der Waals surface area contributed by atoms with Crippen LogP contribution in [-0.4, -0.2) is 29.9 Å². The van der Waals surface area contributed by atoms with Crippen LogP contribution in [0.25, 0.3) is 0 Å². The van der Waals surface area contributed by atoms with Crippen molar-refractivity contribution in [2.45, 2.75) is 25.4 Å². The van der Waals surface area contributed by atoms with Crippen LogP contribution < -0.4 is 9.64 Å². The maximum absolute atomic E-state index is 13.0. The van der Waals surface area contributed by atoms with Gasteiger partial charge in [-0.3, -0.25) is 9.59 Å². The van der Waals surface area contributed by atoms with Crippen LogP contribution in [-0.2, 0) is 15.2 Å². The maximum Gasteiger partial charge on any atom is 0.264 e. The monoisotopic (exact) mass is 441 g/mol. The molecule has 0 saturated carbocycles. The molecule has 1 atom stereocenters. The molecule has 5 nitrogen and oxygen atoms in total. The third kappa shape index (κ3) is 3.85. The first-order valence-corrected chi connectivity index (χ1v) is 9.78. The summed E-state index contributed by atoms with van der Waals surface area (Å²) in [6.45, 7) is 1.85. The number of hydrogen-bond donors (Lipinski definition) is 1. The number of Topliss-reactive ketones (excluding diaryl/α,β-unsaturated/α-hetero) is 1. The number of carbonyl (C=O) groups is 2. The highest BCUT2D eigenvalue weighted by Gasteiger charge is 2.51. The van der Waals surface area contributed by atoms with E-state index < -0.39 is 11.5 Å². The van der Waals surface area contributed by atoms with Crippen LogP contribution in [0.1, 0.15) is 25.3 Å². The minimum atomic E-state index is -1.95. The fraction of sp³-hybridized carbons (Fsp3) is 0.300. The average Bonchev–Trinajstić information content (AvgIpc) is 2.84. The molecule has 0 saturated heterocycles. The summed E-state index contributed by atoms with van der Waals surface area (Å²) in [6, 6.07) is 10.1. The van der Waals surface area contributed by atoms with Gasteiger partial charge in [0.25, 0.3) is 5.91 Å². The predicted octanol–water partition coefficient (Wildman–Crippen LogP) is 4.63. The largest absolute Gasteiger partial charge is 0.492 e. The molecule has 1 aliphatic heterocycles. The number of hydrogen-bond acceptors (Lipinski definition) is 4. The minimum absolute atomic E-state index is 0.166. The smallest absolute Gasteiger partial charge is 0.264 e. The molecule has 2 aromatic carbocycles. The molecule has 0 fully saturated rings. The van der Waals surface area contributed by atoms with Crippen LogP contribution in [0.2, 0.25) is 15.1 Å². The van der Waals surface area contributed by atoms with Crippen LogP contribution >= 0.6 is 34.8 Å². The Morgan fingerprint density at radius 3 is 2.54 bits per heavy atom. The third-order valence-electron chi connectivity index (χ3n) is 4.51. The molecular formula is C20H18Cl3NO4. The van der Waals surface area contributed by atoms with Gasteiger partial charge in [-0.05, 0) is 31.5 Å². The molecule has 1 N–H and O–H groups in total. The Morgan fingerprint density at radius 2 is 1.86 bits per heavy atom. The van der Waals surface area contributed by atoms with Gasteiger partial charge in [-0.25, -0.2) is 0 Å². The second-order valence-corrected chi connectivity index (χ2v) is 7.78. The Hall–Kier alpha value is -1.79. The zero-order valence-electron chi connectivity index (χ0n) is 15.0. The molecule has 1 aliphatic rings. The molecule has 0 bridgehead atoms. The van der Waals surface area contributed by atoms with Crippen molar-refractivity contribution < 1.29 is 19.4 Å². The van der Waals surface area contributed by atoms with E-state index in [4.69, 9.17) is 39.5 Å². The summed E-state index contributed by atoms with van der Waals surface area (Å²) in [7, 11) is 0. The van der Waals surface area contributed by atoms with Crippen molar-refractivity contribution in [3.05, 3.63) is 57.0 Å². The molecule has 8 heteroatoms. The van der Waals surface area contributed by atoms with E-state index in [1.54, 1.807) is 18.2 Å². The van der Waals surface area contributed by atoms with Gasteiger partial charge in [-0.2, -0.15) is 0 Å². The number of nitrogens with zero attached hydrogens (tertiary/aromatic N) is 1. The highest BCUT2D eigenvalue weighted by Crippen LogP contribution is 2.48. The van der Waals surface area contributed by atoms with Crippen molar-refractivity contribution >= 4 is 52.2 Å². The summed E-state index contributed by atoms with van der Waals surface area (Å²) in [6.07, 6.45) is 0.124. The van der Waals surface area contributed by atoms with Gasteiger partial charge in [0.05, 0.1) is 27.4 Å². The van der Waals surface area contributed by atoms with E-state index in [0.29, 0.717) is 29.5 Å². The van der Waals surface area contributed by atoms with Crippen molar-refractivity contribution in [1.82, 2.24) is 0 Å². The second kappa shape index (κ2) is 8.29.